The number of anilines is 1. The zero-order chi connectivity index (χ0) is 17.4. The number of nitrogens with zero attached hydrogens (tertiary/aromatic N) is 2. The molecule has 1 aromatic carbocycles. The van der Waals surface area contributed by atoms with Crippen LogP contribution in [0.3, 0.4) is 0 Å². The summed E-state index contributed by atoms with van der Waals surface area (Å²) in [6, 6.07) is 8.49. The molecule has 2 aliphatic rings. The summed E-state index contributed by atoms with van der Waals surface area (Å²) in [5.41, 5.74) is 1.66. The van der Waals surface area contributed by atoms with Gasteiger partial charge in [-0.05, 0) is 45.3 Å². The van der Waals surface area contributed by atoms with Gasteiger partial charge in [-0.1, -0.05) is 12.1 Å². The van der Waals surface area contributed by atoms with Gasteiger partial charge in [0.15, 0.2) is 0 Å². The highest BCUT2D eigenvalue weighted by atomic mass is 16.7. The Balaban J connectivity index is 1.70. The van der Waals surface area contributed by atoms with Gasteiger partial charge in [-0.3, -0.25) is 4.90 Å². The SMILES string of the molecule is CC1(C)OB(c2cccc(N3CCN(CCO)CC3)c2)OC1(C)C. The van der Waals surface area contributed by atoms with Crippen LogP contribution in [0.25, 0.3) is 0 Å². The van der Waals surface area contributed by atoms with Gasteiger partial charge in [0, 0.05) is 38.4 Å². The highest BCUT2D eigenvalue weighted by Gasteiger charge is 2.51. The largest absolute Gasteiger partial charge is 0.494 e. The molecule has 2 aliphatic heterocycles. The summed E-state index contributed by atoms with van der Waals surface area (Å²) in [6.45, 7) is 13.3. The Morgan fingerprint density at radius 1 is 1.04 bits per heavy atom. The van der Waals surface area contributed by atoms with Crippen molar-refractivity contribution < 1.29 is 14.4 Å². The number of aliphatic hydroxyl groups excluding tert-OH is 1. The first-order valence-electron chi connectivity index (χ1n) is 8.86. The maximum absolute atomic E-state index is 9.06. The van der Waals surface area contributed by atoms with Gasteiger partial charge in [-0.2, -0.15) is 0 Å². The summed E-state index contributed by atoms with van der Waals surface area (Å²) < 4.78 is 12.3. The fourth-order valence-corrected chi connectivity index (χ4v) is 3.22. The molecule has 1 aromatic rings. The Labute approximate surface area is 145 Å². The van der Waals surface area contributed by atoms with Gasteiger partial charge < -0.3 is 19.3 Å². The van der Waals surface area contributed by atoms with E-state index < -0.39 is 0 Å². The molecule has 0 bridgehead atoms. The molecule has 2 heterocycles. The molecule has 2 saturated heterocycles. The molecule has 5 nitrogen and oxygen atoms in total. The van der Waals surface area contributed by atoms with Crippen LogP contribution in [-0.2, 0) is 9.31 Å². The fourth-order valence-electron chi connectivity index (χ4n) is 3.22. The van der Waals surface area contributed by atoms with Crippen molar-refractivity contribution in [3.05, 3.63) is 24.3 Å². The van der Waals surface area contributed by atoms with E-state index in [1.165, 1.54) is 5.69 Å². The second-order valence-electron chi connectivity index (χ2n) is 7.74. The molecular formula is C18H29BN2O3. The lowest BCUT2D eigenvalue weighted by molar-refractivity contribution is 0.00578. The van der Waals surface area contributed by atoms with Crippen LogP contribution in [0.5, 0.6) is 0 Å². The number of piperazine rings is 1. The summed E-state index contributed by atoms with van der Waals surface area (Å²) >= 11 is 0. The van der Waals surface area contributed by atoms with Gasteiger partial charge in [0.1, 0.15) is 0 Å². The van der Waals surface area contributed by atoms with Crippen LogP contribution in [0, 0.1) is 0 Å². The third-order valence-corrected chi connectivity index (χ3v) is 5.55. The van der Waals surface area contributed by atoms with Gasteiger partial charge >= 0.3 is 7.12 Å². The van der Waals surface area contributed by atoms with Crippen molar-refractivity contribution in [1.29, 1.82) is 0 Å². The first-order valence-corrected chi connectivity index (χ1v) is 8.86. The maximum Gasteiger partial charge on any atom is 0.494 e. The van der Waals surface area contributed by atoms with Crippen LogP contribution >= 0.6 is 0 Å². The molecule has 6 heteroatoms. The van der Waals surface area contributed by atoms with Gasteiger partial charge in [0.2, 0.25) is 0 Å². The van der Waals surface area contributed by atoms with Crippen LogP contribution in [0.4, 0.5) is 5.69 Å². The number of β-amino-alcohol motifs (C(OH)–C–C–N with tert-alkyl or cyclic N) is 1. The Kier molecular flexibility index (Phi) is 4.93. The van der Waals surface area contributed by atoms with E-state index >= 15 is 0 Å². The smallest absolute Gasteiger partial charge is 0.399 e. The Morgan fingerprint density at radius 3 is 2.25 bits per heavy atom. The van der Waals surface area contributed by atoms with Crippen LogP contribution in [0.1, 0.15) is 27.7 Å². The molecule has 1 N–H and O–H groups in total. The normalized spacial score (nSPS) is 23.7. The van der Waals surface area contributed by atoms with Crippen LogP contribution in [0.2, 0.25) is 0 Å². The molecule has 24 heavy (non-hydrogen) atoms. The van der Waals surface area contributed by atoms with E-state index in [0.717, 1.165) is 38.2 Å². The average molecular weight is 332 g/mol. The highest BCUT2D eigenvalue weighted by Crippen LogP contribution is 2.36. The lowest BCUT2D eigenvalue weighted by Gasteiger charge is -2.36. The fraction of sp³-hybridized carbons (Fsp3) is 0.667. The number of rotatable bonds is 4. The third kappa shape index (κ3) is 3.47. The molecule has 0 unspecified atom stereocenters. The van der Waals surface area contributed by atoms with Crippen LogP contribution < -0.4 is 10.4 Å². The maximum atomic E-state index is 9.06. The van der Waals surface area contributed by atoms with Crippen molar-refractivity contribution in [1.82, 2.24) is 4.90 Å². The van der Waals surface area contributed by atoms with Crippen molar-refractivity contribution >= 4 is 18.3 Å². The number of hydrogen-bond donors (Lipinski definition) is 1. The molecular weight excluding hydrogens is 303 g/mol. The van der Waals surface area contributed by atoms with E-state index in [2.05, 4.69) is 61.8 Å². The summed E-state index contributed by atoms with van der Waals surface area (Å²) in [6.07, 6.45) is 0. The first kappa shape index (κ1) is 17.7. The van der Waals surface area contributed by atoms with Gasteiger partial charge in [0.05, 0.1) is 17.8 Å². The minimum absolute atomic E-state index is 0.234. The molecule has 3 rings (SSSR count). The molecule has 0 spiro atoms. The number of benzene rings is 1. The van der Waals surface area contributed by atoms with Crippen LogP contribution in [-0.4, -0.2) is 67.7 Å². The minimum Gasteiger partial charge on any atom is -0.399 e. The second-order valence-corrected chi connectivity index (χ2v) is 7.74. The van der Waals surface area contributed by atoms with Crippen molar-refractivity contribution in [3.8, 4) is 0 Å². The molecule has 0 saturated carbocycles. The highest BCUT2D eigenvalue weighted by molar-refractivity contribution is 6.62. The summed E-state index contributed by atoms with van der Waals surface area (Å²) in [7, 11) is -0.314. The van der Waals surface area contributed by atoms with Crippen molar-refractivity contribution in [2.75, 3.05) is 44.2 Å². The van der Waals surface area contributed by atoms with E-state index in [0.29, 0.717) is 0 Å². The topological polar surface area (TPSA) is 45.2 Å². The molecule has 0 amide bonds. The van der Waals surface area contributed by atoms with Crippen molar-refractivity contribution in [3.63, 3.8) is 0 Å². The summed E-state index contributed by atoms with van der Waals surface area (Å²) in [5.74, 6) is 0. The molecule has 0 aliphatic carbocycles. The predicted octanol–water partition coefficient (Wildman–Crippen LogP) is 1.10. The van der Waals surface area contributed by atoms with Crippen molar-refractivity contribution in [2.24, 2.45) is 0 Å². The predicted molar refractivity (Wildman–Crippen MR) is 97.9 cm³/mol. The zero-order valence-electron chi connectivity index (χ0n) is 15.3. The molecule has 0 aromatic heterocycles. The average Bonchev–Trinajstić information content (AvgIpc) is 2.77. The van der Waals surface area contributed by atoms with Gasteiger partial charge in [-0.25, -0.2) is 0 Å². The first-order chi connectivity index (χ1) is 11.3. The Bertz CT molecular complexity index is 555. The Morgan fingerprint density at radius 2 is 1.67 bits per heavy atom. The third-order valence-electron chi connectivity index (χ3n) is 5.55. The Hall–Kier alpha value is -1.08. The minimum atomic E-state index is -0.316. The van der Waals surface area contributed by atoms with E-state index in [-0.39, 0.29) is 24.9 Å². The van der Waals surface area contributed by atoms with E-state index in [1.54, 1.807) is 0 Å². The molecule has 0 radical (unpaired) electrons. The van der Waals surface area contributed by atoms with E-state index in [1.807, 2.05) is 0 Å². The van der Waals surface area contributed by atoms with Crippen LogP contribution in [0.15, 0.2) is 24.3 Å². The molecule has 2 fully saturated rings. The standard InChI is InChI=1S/C18H29BN2O3/c1-17(2)18(3,4)24-19(23-17)15-6-5-7-16(14-15)21-10-8-20(9-11-21)12-13-22/h5-7,14,22H,8-13H2,1-4H3. The molecule has 0 atom stereocenters. The van der Waals surface area contributed by atoms with Crippen molar-refractivity contribution in [2.45, 2.75) is 38.9 Å². The summed E-state index contributed by atoms with van der Waals surface area (Å²) in [4.78, 5) is 4.69. The second kappa shape index (κ2) is 6.67. The van der Waals surface area contributed by atoms with Gasteiger partial charge in [-0.15, -0.1) is 0 Å². The number of aliphatic hydroxyl groups is 1. The van der Waals surface area contributed by atoms with E-state index in [9.17, 15) is 0 Å². The van der Waals surface area contributed by atoms with Gasteiger partial charge in [0.25, 0.3) is 0 Å². The lowest BCUT2D eigenvalue weighted by atomic mass is 9.79. The lowest BCUT2D eigenvalue weighted by Crippen LogP contribution is -2.47. The molecule has 132 valence electrons. The number of hydrogen-bond acceptors (Lipinski definition) is 5. The zero-order valence-corrected chi connectivity index (χ0v) is 15.3. The summed E-state index contributed by atoms with van der Waals surface area (Å²) in [5, 5.41) is 9.06. The van der Waals surface area contributed by atoms with E-state index in [4.69, 9.17) is 14.4 Å². The monoisotopic (exact) mass is 332 g/mol. The quantitative estimate of drug-likeness (QED) is 0.837.